The Kier molecular flexibility index (Phi) is 4.28. The Hall–Kier alpha value is -0.610. The van der Waals surface area contributed by atoms with Crippen molar-refractivity contribution in [1.82, 2.24) is 0 Å². The second kappa shape index (κ2) is 5.57. The molecule has 1 atom stereocenters. The van der Waals surface area contributed by atoms with Crippen LogP contribution in [0.2, 0.25) is 0 Å². The first kappa shape index (κ1) is 13.8. The summed E-state index contributed by atoms with van der Waals surface area (Å²) in [6.07, 6.45) is 3.15. The van der Waals surface area contributed by atoms with Gasteiger partial charge in [-0.1, -0.05) is 23.7 Å². The van der Waals surface area contributed by atoms with E-state index in [0.29, 0.717) is 0 Å². The van der Waals surface area contributed by atoms with Gasteiger partial charge in [0.1, 0.15) is 0 Å². The zero-order chi connectivity index (χ0) is 13.2. The highest BCUT2D eigenvalue weighted by molar-refractivity contribution is 6.22. The molecule has 0 aromatic heterocycles. The molecule has 0 radical (unpaired) electrons. The van der Waals surface area contributed by atoms with Gasteiger partial charge in [0, 0.05) is 32.3 Å². The normalized spacial score (nSPS) is 19.7. The molecule has 4 heteroatoms. The van der Waals surface area contributed by atoms with E-state index in [9.17, 15) is 5.11 Å². The quantitative estimate of drug-likeness (QED) is 0.675. The van der Waals surface area contributed by atoms with Gasteiger partial charge in [-0.2, -0.15) is 0 Å². The summed E-state index contributed by atoms with van der Waals surface area (Å²) in [5, 5.41) is 8.16. The first-order valence-corrected chi connectivity index (χ1v) is 6.55. The number of rotatable bonds is 4. The van der Waals surface area contributed by atoms with E-state index in [1.54, 1.807) is 0 Å². The van der Waals surface area contributed by atoms with E-state index >= 15 is 0 Å². The van der Waals surface area contributed by atoms with Gasteiger partial charge >= 0.3 is 0 Å². The molecule has 100 valence electrons. The lowest BCUT2D eigenvalue weighted by Crippen LogP contribution is -2.24. The molecule has 18 heavy (non-hydrogen) atoms. The SMILES string of the molecule is COC(Cl)(OC)c1ccc2c(c1)CCC[C@H]2CO. The Balaban J connectivity index is 2.38. The number of aryl methyl sites for hydroxylation is 1. The van der Waals surface area contributed by atoms with E-state index in [2.05, 4.69) is 0 Å². The maximum absolute atomic E-state index is 9.38. The predicted octanol–water partition coefficient (Wildman–Crippen LogP) is 2.74. The Morgan fingerprint density at radius 3 is 2.72 bits per heavy atom. The lowest BCUT2D eigenvalue weighted by Gasteiger charge is -2.28. The van der Waals surface area contributed by atoms with Crippen molar-refractivity contribution in [3.05, 3.63) is 34.9 Å². The number of alkyl halides is 1. The minimum absolute atomic E-state index is 0.201. The molecule has 0 saturated carbocycles. The maximum atomic E-state index is 9.38. The average Bonchev–Trinajstić information content (AvgIpc) is 2.45. The Morgan fingerprint density at radius 2 is 2.11 bits per heavy atom. The first-order chi connectivity index (χ1) is 8.64. The fourth-order valence-corrected chi connectivity index (χ4v) is 2.73. The standard InChI is InChI=1S/C14H19ClO3/c1-17-14(15,18-2)12-6-7-13-10(8-12)4-3-5-11(13)9-16/h6-8,11,16H,3-5,9H2,1-2H3/t11-/m0/s1. The van der Waals surface area contributed by atoms with Crippen LogP contribution >= 0.6 is 11.6 Å². The Bertz CT molecular complexity index is 416. The lowest BCUT2D eigenvalue weighted by atomic mass is 9.82. The summed E-state index contributed by atoms with van der Waals surface area (Å²) in [7, 11) is 3.04. The van der Waals surface area contributed by atoms with Crippen LogP contribution < -0.4 is 0 Å². The minimum atomic E-state index is -1.22. The molecule has 0 bridgehead atoms. The Morgan fingerprint density at radius 1 is 1.39 bits per heavy atom. The zero-order valence-corrected chi connectivity index (χ0v) is 11.5. The van der Waals surface area contributed by atoms with Crippen molar-refractivity contribution in [2.45, 2.75) is 30.4 Å². The summed E-state index contributed by atoms with van der Waals surface area (Å²) in [5.41, 5.74) is 3.25. The second-order valence-electron chi connectivity index (χ2n) is 4.63. The van der Waals surface area contributed by atoms with Crippen molar-refractivity contribution in [2.24, 2.45) is 0 Å². The maximum Gasteiger partial charge on any atom is 0.275 e. The minimum Gasteiger partial charge on any atom is -0.396 e. The highest BCUT2D eigenvalue weighted by atomic mass is 35.5. The molecule has 1 aromatic carbocycles. The summed E-state index contributed by atoms with van der Waals surface area (Å²) in [5.74, 6) is 0.248. The number of aliphatic hydroxyl groups is 1. The van der Waals surface area contributed by atoms with Crippen LogP contribution in [0.4, 0.5) is 0 Å². The van der Waals surface area contributed by atoms with Crippen molar-refractivity contribution in [3.8, 4) is 0 Å². The van der Waals surface area contributed by atoms with E-state index in [1.807, 2.05) is 18.2 Å². The topological polar surface area (TPSA) is 38.7 Å². The van der Waals surface area contributed by atoms with Gasteiger partial charge < -0.3 is 14.6 Å². The predicted molar refractivity (Wildman–Crippen MR) is 70.8 cm³/mol. The molecule has 0 heterocycles. The van der Waals surface area contributed by atoms with Crippen LogP contribution in [0.1, 0.15) is 35.4 Å². The first-order valence-electron chi connectivity index (χ1n) is 6.18. The highest BCUT2D eigenvalue weighted by Crippen LogP contribution is 2.36. The van der Waals surface area contributed by atoms with Gasteiger partial charge in [-0.05, 0) is 36.5 Å². The van der Waals surface area contributed by atoms with Gasteiger partial charge in [0.2, 0.25) is 0 Å². The van der Waals surface area contributed by atoms with E-state index in [4.69, 9.17) is 21.1 Å². The van der Waals surface area contributed by atoms with Crippen molar-refractivity contribution >= 4 is 11.6 Å². The number of fused-ring (bicyclic) bond motifs is 1. The van der Waals surface area contributed by atoms with Crippen LogP contribution in [0.3, 0.4) is 0 Å². The summed E-state index contributed by atoms with van der Waals surface area (Å²) in [6, 6.07) is 5.96. The molecule has 0 unspecified atom stereocenters. The number of ether oxygens (including phenoxy) is 2. The largest absolute Gasteiger partial charge is 0.396 e. The highest BCUT2D eigenvalue weighted by Gasteiger charge is 2.31. The molecule has 0 amide bonds. The van der Waals surface area contributed by atoms with E-state index < -0.39 is 5.25 Å². The Labute approximate surface area is 113 Å². The molecule has 1 N–H and O–H groups in total. The summed E-state index contributed by atoms with van der Waals surface area (Å²) >= 11 is 6.25. The number of hydrogen-bond donors (Lipinski definition) is 1. The average molecular weight is 271 g/mol. The van der Waals surface area contributed by atoms with Crippen LogP contribution in [0.25, 0.3) is 0 Å². The molecule has 1 aromatic rings. The van der Waals surface area contributed by atoms with Crippen LogP contribution in [0.15, 0.2) is 18.2 Å². The third-order valence-corrected chi connectivity index (χ3v) is 4.20. The summed E-state index contributed by atoms with van der Waals surface area (Å²) < 4.78 is 10.4. The summed E-state index contributed by atoms with van der Waals surface area (Å²) in [6.45, 7) is 0.201. The molecule has 0 aliphatic heterocycles. The third-order valence-electron chi connectivity index (χ3n) is 3.67. The number of benzene rings is 1. The summed E-state index contributed by atoms with van der Waals surface area (Å²) in [4.78, 5) is 0. The van der Waals surface area contributed by atoms with Crippen molar-refractivity contribution in [2.75, 3.05) is 20.8 Å². The number of hydrogen-bond acceptors (Lipinski definition) is 3. The van der Waals surface area contributed by atoms with Gasteiger partial charge in [-0.3, -0.25) is 0 Å². The molecular weight excluding hydrogens is 252 g/mol. The van der Waals surface area contributed by atoms with Crippen molar-refractivity contribution in [3.63, 3.8) is 0 Å². The van der Waals surface area contributed by atoms with Gasteiger partial charge in [0.15, 0.2) is 0 Å². The zero-order valence-electron chi connectivity index (χ0n) is 10.8. The number of halogens is 1. The molecule has 1 aliphatic rings. The van der Waals surface area contributed by atoms with Crippen LogP contribution in [-0.4, -0.2) is 25.9 Å². The van der Waals surface area contributed by atoms with Gasteiger partial charge in [0.05, 0.1) is 0 Å². The van der Waals surface area contributed by atoms with Crippen LogP contribution in [0, 0.1) is 0 Å². The molecule has 0 saturated heterocycles. The van der Waals surface area contributed by atoms with E-state index in [0.717, 1.165) is 24.8 Å². The van der Waals surface area contributed by atoms with Gasteiger partial charge in [-0.15, -0.1) is 0 Å². The molecule has 0 spiro atoms. The third kappa shape index (κ3) is 2.41. The second-order valence-corrected chi connectivity index (χ2v) is 5.13. The molecule has 0 fully saturated rings. The fourth-order valence-electron chi connectivity index (χ4n) is 2.61. The smallest absolute Gasteiger partial charge is 0.275 e. The fraction of sp³-hybridized carbons (Fsp3) is 0.571. The van der Waals surface area contributed by atoms with Crippen LogP contribution in [-0.2, 0) is 21.1 Å². The molecule has 1 aliphatic carbocycles. The molecular formula is C14H19ClO3. The number of methoxy groups -OCH3 is 2. The monoisotopic (exact) mass is 270 g/mol. The van der Waals surface area contributed by atoms with Crippen LogP contribution in [0.5, 0.6) is 0 Å². The van der Waals surface area contributed by atoms with E-state index in [-0.39, 0.29) is 12.5 Å². The number of aliphatic hydroxyl groups excluding tert-OH is 1. The van der Waals surface area contributed by atoms with Crippen molar-refractivity contribution in [1.29, 1.82) is 0 Å². The van der Waals surface area contributed by atoms with Gasteiger partial charge in [0.25, 0.3) is 5.25 Å². The molecule has 3 nitrogen and oxygen atoms in total. The van der Waals surface area contributed by atoms with E-state index in [1.165, 1.54) is 25.3 Å². The lowest BCUT2D eigenvalue weighted by molar-refractivity contribution is -0.147. The van der Waals surface area contributed by atoms with Crippen molar-refractivity contribution < 1.29 is 14.6 Å². The van der Waals surface area contributed by atoms with Gasteiger partial charge in [-0.25, -0.2) is 0 Å². The molecule has 2 rings (SSSR count).